The number of fused-ring (bicyclic) bond motifs is 1. The van der Waals surface area contributed by atoms with Crippen molar-refractivity contribution < 1.29 is 28.9 Å². The van der Waals surface area contributed by atoms with Gasteiger partial charge < -0.3 is 29.5 Å². The standard InChI is InChI=1S/C37H49N3O6/c1-26-22-40(27(2)25-41)37(43)33-21-31(38-36(42)30-12-7-6-8-13-30)16-19-34(33)46-28(3)11-9-10-20-45-35(26)24-39(4)23-29-14-17-32(44-5)18-15-29/h6-8,12-19,21,26-28,35,41H,9-11,20,22-25H2,1-5H3,(H,38,42)/t26-,27+,28-,35+/m1/s1. The van der Waals surface area contributed by atoms with E-state index in [1.807, 2.05) is 32.0 Å². The fourth-order valence-electron chi connectivity index (χ4n) is 5.67. The maximum atomic E-state index is 14.4. The summed E-state index contributed by atoms with van der Waals surface area (Å²) in [6.07, 6.45) is 2.35. The van der Waals surface area contributed by atoms with Crippen LogP contribution in [-0.4, -0.2) is 85.4 Å². The molecule has 0 bridgehead atoms. The van der Waals surface area contributed by atoms with Crippen molar-refractivity contribution in [2.45, 2.75) is 64.8 Å². The summed E-state index contributed by atoms with van der Waals surface area (Å²) in [6, 6.07) is 21.7. The summed E-state index contributed by atoms with van der Waals surface area (Å²) in [5.74, 6) is 0.708. The van der Waals surface area contributed by atoms with E-state index in [-0.39, 0.29) is 36.5 Å². The number of aliphatic hydroxyl groups is 1. The summed E-state index contributed by atoms with van der Waals surface area (Å²) in [5.41, 5.74) is 2.52. The molecular formula is C37H49N3O6. The van der Waals surface area contributed by atoms with Crippen LogP contribution in [0.2, 0.25) is 0 Å². The Balaban J connectivity index is 1.59. The van der Waals surface area contributed by atoms with Crippen LogP contribution >= 0.6 is 0 Å². The van der Waals surface area contributed by atoms with Gasteiger partial charge in [-0.15, -0.1) is 0 Å². The zero-order valence-corrected chi connectivity index (χ0v) is 27.8. The second-order valence-electron chi connectivity index (χ2n) is 12.4. The number of carbonyl (C=O) groups is 2. The van der Waals surface area contributed by atoms with Crippen LogP contribution in [0.5, 0.6) is 11.5 Å². The Morgan fingerprint density at radius 1 is 1.09 bits per heavy atom. The Bertz CT molecular complexity index is 1400. The van der Waals surface area contributed by atoms with Crippen LogP contribution in [0.15, 0.2) is 72.8 Å². The summed E-state index contributed by atoms with van der Waals surface area (Å²) < 4.78 is 18.1. The number of nitrogens with one attached hydrogen (secondary N) is 1. The van der Waals surface area contributed by atoms with Crippen LogP contribution in [0.4, 0.5) is 5.69 Å². The largest absolute Gasteiger partial charge is 0.497 e. The first-order valence-electron chi connectivity index (χ1n) is 16.2. The van der Waals surface area contributed by atoms with Crippen molar-refractivity contribution in [2.75, 3.05) is 45.8 Å². The first-order valence-corrected chi connectivity index (χ1v) is 16.2. The van der Waals surface area contributed by atoms with Gasteiger partial charge in [0.25, 0.3) is 11.8 Å². The number of hydrogen-bond donors (Lipinski definition) is 2. The number of nitrogens with zero attached hydrogens (tertiary/aromatic N) is 2. The number of likely N-dealkylation sites (N-methyl/N-ethyl adjacent to an activating group) is 1. The van der Waals surface area contributed by atoms with Crippen molar-refractivity contribution in [1.82, 2.24) is 9.80 Å². The molecule has 0 fully saturated rings. The van der Waals surface area contributed by atoms with Gasteiger partial charge in [-0.1, -0.05) is 37.3 Å². The van der Waals surface area contributed by atoms with Gasteiger partial charge >= 0.3 is 0 Å². The van der Waals surface area contributed by atoms with Gasteiger partial charge in [0.15, 0.2) is 0 Å². The Hall–Kier alpha value is -3.92. The minimum Gasteiger partial charge on any atom is -0.497 e. The number of hydrogen-bond acceptors (Lipinski definition) is 7. The van der Waals surface area contributed by atoms with E-state index in [4.69, 9.17) is 14.2 Å². The highest BCUT2D eigenvalue weighted by molar-refractivity contribution is 6.05. The Morgan fingerprint density at radius 2 is 1.83 bits per heavy atom. The van der Waals surface area contributed by atoms with Crippen LogP contribution in [-0.2, 0) is 11.3 Å². The van der Waals surface area contributed by atoms with Crippen molar-refractivity contribution in [3.8, 4) is 11.5 Å². The maximum Gasteiger partial charge on any atom is 0.258 e. The lowest BCUT2D eigenvalue weighted by Crippen LogP contribution is -2.47. The molecule has 4 atom stereocenters. The molecule has 3 aromatic rings. The van der Waals surface area contributed by atoms with Crippen molar-refractivity contribution >= 4 is 17.5 Å². The van der Waals surface area contributed by atoms with Crippen molar-refractivity contribution in [2.24, 2.45) is 5.92 Å². The van der Waals surface area contributed by atoms with Crippen LogP contribution in [0.25, 0.3) is 0 Å². The second kappa shape index (κ2) is 17.1. The Kier molecular flexibility index (Phi) is 13.0. The van der Waals surface area contributed by atoms with Crippen LogP contribution in [0, 0.1) is 5.92 Å². The minimum absolute atomic E-state index is 0.0385. The number of carbonyl (C=O) groups excluding carboxylic acids is 2. The predicted molar refractivity (Wildman–Crippen MR) is 181 cm³/mol. The quantitative estimate of drug-likeness (QED) is 0.305. The lowest BCUT2D eigenvalue weighted by molar-refractivity contribution is -0.0177. The molecule has 0 aliphatic carbocycles. The fraction of sp³-hybridized carbons (Fsp3) is 0.459. The molecule has 0 aromatic heterocycles. The summed E-state index contributed by atoms with van der Waals surface area (Å²) in [7, 11) is 3.74. The highest BCUT2D eigenvalue weighted by Gasteiger charge is 2.30. The molecule has 248 valence electrons. The molecule has 1 aliphatic rings. The van der Waals surface area contributed by atoms with E-state index in [2.05, 4.69) is 36.3 Å². The zero-order chi connectivity index (χ0) is 33.1. The van der Waals surface area contributed by atoms with Gasteiger partial charge in [0.1, 0.15) is 11.5 Å². The molecule has 9 heteroatoms. The number of aliphatic hydroxyl groups excluding tert-OH is 1. The van der Waals surface area contributed by atoms with Gasteiger partial charge in [-0.05, 0) is 88.2 Å². The number of amides is 2. The van der Waals surface area contributed by atoms with Crippen molar-refractivity contribution in [3.63, 3.8) is 0 Å². The molecule has 1 aliphatic heterocycles. The third kappa shape index (κ3) is 9.79. The molecule has 46 heavy (non-hydrogen) atoms. The summed E-state index contributed by atoms with van der Waals surface area (Å²) in [6.45, 7) is 8.14. The molecule has 3 aromatic carbocycles. The van der Waals surface area contributed by atoms with E-state index < -0.39 is 6.04 Å². The van der Waals surface area contributed by atoms with Crippen molar-refractivity contribution in [3.05, 3.63) is 89.5 Å². The highest BCUT2D eigenvalue weighted by Crippen LogP contribution is 2.29. The van der Waals surface area contributed by atoms with Gasteiger partial charge in [-0.3, -0.25) is 14.5 Å². The summed E-state index contributed by atoms with van der Waals surface area (Å²) in [4.78, 5) is 31.2. The summed E-state index contributed by atoms with van der Waals surface area (Å²) >= 11 is 0. The minimum atomic E-state index is -0.451. The SMILES string of the molecule is COc1ccc(CN(C)C[C@@H]2OCCCC[C@@H](C)Oc3ccc(NC(=O)c4ccccc4)cc3C(=O)N([C@@H](C)CO)C[C@H]2C)cc1. The van der Waals surface area contributed by atoms with E-state index in [0.717, 1.165) is 31.6 Å². The molecule has 0 saturated heterocycles. The molecule has 9 nitrogen and oxygen atoms in total. The third-order valence-corrected chi connectivity index (χ3v) is 8.45. The Morgan fingerprint density at radius 3 is 2.52 bits per heavy atom. The van der Waals surface area contributed by atoms with Gasteiger partial charge in [-0.25, -0.2) is 0 Å². The van der Waals surface area contributed by atoms with E-state index >= 15 is 0 Å². The molecule has 2 N–H and O–H groups in total. The molecule has 0 saturated carbocycles. The molecule has 0 radical (unpaired) electrons. The normalized spacial score (nSPS) is 20.3. The van der Waals surface area contributed by atoms with Gasteiger partial charge in [0.05, 0.1) is 37.5 Å². The average molecular weight is 632 g/mol. The fourth-order valence-corrected chi connectivity index (χ4v) is 5.67. The van der Waals surface area contributed by atoms with Gasteiger partial charge in [0.2, 0.25) is 0 Å². The average Bonchev–Trinajstić information content (AvgIpc) is 3.06. The number of benzene rings is 3. The summed E-state index contributed by atoms with van der Waals surface area (Å²) in [5, 5.41) is 13.2. The maximum absolute atomic E-state index is 14.4. The van der Waals surface area contributed by atoms with E-state index in [9.17, 15) is 14.7 Å². The third-order valence-electron chi connectivity index (χ3n) is 8.45. The number of rotatable bonds is 9. The zero-order valence-electron chi connectivity index (χ0n) is 27.8. The molecule has 2 amide bonds. The van der Waals surface area contributed by atoms with Gasteiger partial charge in [0, 0.05) is 43.4 Å². The van der Waals surface area contributed by atoms with E-state index in [0.29, 0.717) is 42.3 Å². The predicted octanol–water partition coefficient (Wildman–Crippen LogP) is 5.88. The number of anilines is 1. The second-order valence-corrected chi connectivity index (χ2v) is 12.4. The van der Waals surface area contributed by atoms with E-state index in [1.54, 1.807) is 54.5 Å². The van der Waals surface area contributed by atoms with Crippen molar-refractivity contribution in [1.29, 1.82) is 0 Å². The number of ether oxygens (including phenoxy) is 3. The van der Waals surface area contributed by atoms with E-state index in [1.165, 1.54) is 5.56 Å². The molecule has 4 rings (SSSR count). The Labute approximate surface area is 273 Å². The lowest BCUT2D eigenvalue weighted by atomic mass is 10.0. The molecule has 0 unspecified atom stereocenters. The first kappa shape index (κ1) is 34.9. The number of methoxy groups -OCH3 is 1. The van der Waals surface area contributed by atoms with Crippen LogP contribution in [0.1, 0.15) is 66.3 Å². The first-order chi connectivity index (χ1) is 22.2. The lowest BCUT2D eigenvalue weighted by Gasteiger charge is -2.36. The van der Waals surface area contributed by atoms with Crippen LogP contribution in [0.3, 0.4) is 0 Å². The highest BCUT2D eigenvalue weighted by atomic mass is 16.5. The topological polar surface area (TPSA) is 101 Å². The van der Waals surface area contributed by atoms with Crippen LogP contribution < -0.4 is 14.8 Å². The molecular weight excluding hydrogens is 582 g/mol. The molecule has 1 heterocycles. The van der Waals surface area contributed by atoms with Gasteiger partial charge in [-0.2, -0.15) is 0 Å². The monoisotopic (exact) mass is 631 g/mol. The smallest absolute Gasteiger partial charge is 0.258 e. The molecule has 0 spiro atoms.